The summed E-state index contributed by atoms with van der Waals surface area (Å²) in [7, 11) is 0. The Morgan fingerprint density at radius 1 is 0.814 bits per heavy atom. The zero-order valence-electron chi connectivity index (χ0n) is 22.8. The van der Waals surface area contributed by atoms with Crippen LogP contribution in [0.25, 0.3) is 6.08 Å². The topological polar surface area (TPSA) is 130 Å². The molecule has 0 aromatic heterocycles. The third-order valence-electron chi connectivity index (χ3n) is 6.05. The minimum absolute atomic E-state index is 0.0435. The number of primary amides is 1. The molecule has 0 radical (unpaired) electrons. The number of hydrogen-bond donors (Lipinski definition) is 4. The fraction of sp³-hybridized carbons (Fsp3) is 0.0625. The van der Waals surface area contributed by atoms with Crippen molar-refractivity contribution >= 4 is 76.0 Å². The van der Waals surface area contributed by atoms with E-state index in [1.165, 1.54) is 17.8 Å². The summed E-state index contributed by atoms with van der Waals surface area (Å²) in [5.74, 6) is -2.00. The predicted molar refractivity (Wildman–Crippen MR) is 172 cm³/mol. The SMILES string of the molecule is CC(Sc1ccc(NC(=O)/C(=C/c2cccc(Cl)c2Cl)NC(=O)c2ccccc2)cc1)C(=O)Nc1ccccc1C(N)=O. The summed E-state index contributed by atoms with van der Waals surface area (Å²) in [5, 5.41) is 8.21. The number of para-hydroxylation sites is 1. The molecule has 1 atom stereocenters. The summed E-state index contributed by atoms with van der Waals surface area (Å²) in [4.78, 5) is 51.4. The van der Waals surface area contributed by atoms with Gasteiger partial charge in [0.25, 0.3) is 17.7 Å². The molecule has 0 heterocycles. The van der Waals surface area contributed by atoms with E-state index in [0.717, 1.165) is 4.90 Å². The van der Waals surface area contributed by atoms with Crippen LogP contribution in [0.3, 0.4) is 0 Å². The maximum absolute atomic E-state index is 13.3. The molecule has 4 aromatic carbocycles. The Kier molecular flexibility index (Phi) is 10.6. The molecule has 4 aromatic rings. The molecule has 0 bridgehead atoms. The molecule has 4 amide bonds. The highest BCUT2D eigenvalue weighted by Crippen LogP contribution is 2.28. The number of carbonyl (C=O) groups is 4. The van der Waals surface area contributed by atoms with E-state index in [0.29, 0.717) is 27.5 Å². The van der Waals surface area contributed by atoms with Gasteiger partial charge in [-0.3, -0.25) is 19.2 Å². The molecule has 0 aliphatic rings. The van der Waals surface area contributed by atoms with Gasteiger partial charge in [0, 0.05) is 16.1 Å². The van der Waals surface area contributed by atoms with Crippen molar-refractivity contribution in [2.45, 2.75) is 17.1 Å². The van der Waals surface area contributed by atoms with Crippen molar-refractivity contribution in [1.82, 2.24) is 5.32 Å². The van der Waals surface area contributed by atoms with Gasteiger partial charge in [-0.1, -0.05) is 65.7 Å². The summed E-state index contributed by atoms with van der Waals surface area (Å²) in [6.07, 6.45) is 1.45. The second-order valence-electron chi connectivity index (χ2n) is 9.16. The number of benzene rings is 4. The fourth-order valence-electron chi connectivity index (χ4n) is 3.84. The average molecular weight is 634 g/mol. The lowest BCUT2D eigenvalue weighted by Gasteiger charge is -2.14. The van der Waals surface area contributed by atoms with E-state index in [1.54, 1.807) is 104 Å². The molecule has 0 aliphatic heterocycles. The molecular formula is C32H26Cl2N4O4S. The molecule has 0 fully saturated rings. The van der Waals surface area contributed by atoms with Crippen molar-refractivity contribution in [3.05, 3.63) is 129 Å². The van der Waals surface area contributed by atoms with Gasteiger partial charge in [0.15, 0.2) is 0 Å². The molecule has 11 heteroatoms. The number of thioether (sulfide) groups is 1. The highest BCUT2D eigenvalue weighted by atomic mass is 35.5. The molecule has 0 saturated heterocycles. The van der Waals surface area contributed by atoms with E-state index in [2.05, 4.69) is 16.0 Å². The van der Waals surface area contributed by atoms with Crippen LogP contribution in [0, 0.1) is 0 Å². The molecule has 218 valence electrons. The van der Waals surface area contributed by atoms with Crippen molar-refractivity contribution in [3.63, 3.8) is 0 Å². The van der Waals surface area contributed by atoms with E-state index < -0.39 is 23.0 Å². The fourth-order valence-corrected chi connectivity index (χ4v) is 5.07. The molecule has 0 spiro atoms. The quantitative estimate of drug-likeness (QED) is 0.115. The molecule has 5 N–H and O–H groups in total. The Morgan fingerprint density at radius 2 is 1.49 bits per heavy atom. The number of hydrogen-bond acceptors (Lipinski definition) is 5. The third kappa shape index (κ3) is 8.48. The van der Waals surface area contributed by atoms with E-state index >= 15 is 0 Å². The largest absolute Gasteiger partial charge is 0.366 e. The highest BCUT2D eigenvalue weighted by Gasteiger charge is 2.19. The minimum atomic E-state index is -0.637. The van der Waals surface area contributed by atoms with Gasteiger partial charge in [0.05, 0.1) is 26.5 Å². The molecule has 8 nitrogen and oxygen atoms in total. The molecular weight excluding hydrogens is 607 g/mol. The smallest absolute Gasteiger partial charge is 0.272 e. The van der Waals surface area contributed by atoms with Crippen LogP contribution >= 0.6 is 35.0 Å². The Morgan fingerprint density at radius 3 is 2.19 bits per heavy atom. The number of rotatable bonds is 10. The number of amides is 4. The third-order valence-corrected chi connectivity index (χ3v) is 8.00. The standard InChI is InChI=1S/C32H26Cl2N4O4S/c1-19(30(40)37-26-13-6-5-11-24(26)29(35)39)43-23-16-14-22(15-17-23)36-32(42)27(18-21-10-7-12-25(33)28(21)34)38-31(41)20-8-3-2-4-9-20/h2-19H,1H3,(H2,35,39)(H,36,42)(H,37,40)(H,38,41)/b27-18-. The van der Waals surface area contributed by atoms with Crippen LogP contribution in [0.1, 0.15) is 33.2 Å². The number of anilines is 2. The van der Waals surface area contributed by atoms with Crippen LogP contribution in [0.2, 0.25) is 10.0 Å². The van der Waals surface area contributed by atoms with Crippen LogP contribution in [0.15, 0.2) is 108 Å². The van der Waals surface area contributed by atoms with Crippen molar-refractivity contribution in [2.24, 2.45) is 5.73 Å². The van der Waals surface area contributed by atoms with Crippen LogP contribution in [-0.2, 0) is 9.59 Å². The van der Waals surface area contributed by atoms with Crippen LogP contribution in [-0.4, -0.2) is 28.9 Å². The molecule has 4 rings (SSSR count). The molecule has 0 saturated carbocycles. The number of nitrogens with two attached hydrogens (primary N) is 1. The van der Waals surface area contributed by atoms with Crippen LogP contribution in [0.5, 0.6) is 0 Å². The van der Waals surface area contributed by atoms with Gasteiger partial charge in [-0.2, -0.15) is 0 Å². The van der Waals surface area contributed by atoms with Gasteiger partial charge < -0.3 is 21.7 Å². The van der Waals surface area contributed by atoms with Crippen LogP contribution in [0.4, 0.5) is 11.4 Å². The van der Waals surface area contributed by atoms with E-state index in [9.17, 15) is 19.2 Å². The van der Waals surface area contributed by atoms with Gasteiger partial charge in [-0.15, -0.1) is 11.8 Å². The van der Waals surface area contributed by atoms with Crippen molar-refractivity contribution in [2.75, 3.05) is 10.6 Å². The Hall–Kier alpha value is -4.57. The average Bonchev–Trinajstić information content (AvgIpc) is 3.00. The van der Waals surface area contributed by atoms with Crippen molar-refractivity contribution < 1.29 is 19.2 Å². The lowest BCUT2D eigenvalue weighted by molar-refractivity contribution is -0.115. The monoisotopic (exact) mass is 632 g/mol. The molecule has 0 aliphatic carbocycles. The van der Waals surface area contributed by atoms with Crippen LogP contribution < -0.4 is 21.7 Å². The maximum Gasteiger partial charge on any atom is 0.272 e. The summed E-state index contributed by atoms with van der Waals surface area (Å²) in [6.45, 7) is 1.73. The zero-order chi connectivity index (χ0) is 30.9. The molecule has 43 heavy (non-hydrogen) atoms. The molecule has 1 unspecified atom stereocenters. The lowest BCUT2D eigenvalue weighted by Crippen LogP contribution is -2.30. The Labute approximate surface area is 262 Å². The predicted octanol–water partition coefficient (Wildman–Crippen LogP) is 6.62. The van der Waals surface area contributed by atoms with E-state index in [-0.39, 0.29) is 22.2 Å². The minimum Gasteiger partial charge on any atom is -0.366 e. The zero-order valence-corrected chi connectivity index (χ0v) is 25.1. The number of halogens is 2. The Balaban J connectivity index is 1.46. The number of nitrogens with one attached hydrogen (secondary N) is 3. The van der Waals surface area contributed by atoms with E-state index in [4.69, 9.17) is 28.9 Å². The normalized spacial score (nSPS) is 11.7. The highest BCUT2D eigenvalue weighted by molar-refractivity contribution is 8.00. The van der Waals surface area contributed by atoms with Gasteiger partial charge >= 0.3 is 0 Å². The first-order valence-electron chi connectivity index (χ1n) is 12.9. The lowest BCUT2D eigenvalue weighted by atomic mass is 10.1. The first-order valence-corrected chi connectivity index (χ1v) is 14.6. The Bertz CT molecular complexity index is 1700. The maximum atomic E-state index is 13.3. The van der Waals surface area contributed by atoms with Crippen molar-refractivity contribution in [1.29, 1.82) is 0 Å². The van der Waals surface area contributed by atoms with Gasteiger partial charge in [0.2, 0.25) is 5.91 Å². The van der Waals surface area contributed by atoms with Gasteiger partial charge in [-0.05, 0) is 73.2 Å². The summed E-state index contributed by atoms with van der Waals surface area (Å²) in [6, 6.07) is 26.8. The second-order valence-corrected chi connectivity index (χ2v) is 11.4. The number of carbonyl (C=O) groups excluding carboxylic acids is 4. The van der Waals surface area contributed by atoms with E-state index in [1.807, 2.05) is 0 Å². The first-order chi connectivity index (χ1) is 20.6. The summed E-state index contributed by atoms with van der Waals surface area (Å²) < 4.78 is 0. The summed E-state index contributed by atoms with van der Waals surface area (Å²) in [5.41, 5.74) is 7.19. The van der Waals surface area contributed by atoms with Gasteiger partial charge in [-0.25, -0.2) is 0 Å². The van der Waals surface area contributed by atoms with Crippen molar-refractivity contribution in [3.8, 4) is 0 Å². The second kappa shape index (κ2) is 14.6. The van der Waals surface area contributed by atoms with Gasteiger partial charge in [0.1, 0.15) is 5.70 Å². The first kappa shape index (κ1) is 31.4. The summed E-state index contributed by atoms with van der Waals surface area (Å²) >= 11 is 13.8.